The Balaban J connectivity index is 2.56. The number of urea groups is 1. The number of ether oxygens (including phenoxy) is 1. The van der Waals surface area contributed by atoms with Crippen molar-refractivity contribution in [3.63, 3.8) is 0 Å². The van der Waals surface area contributed by atoms with Crippen molar-refractivity contribution < 1.29 is 9.53 Å². The highest BCUT2D eigenvalue weighted by Crippen LogP contribution is 1.90. The second-order valence-electron chi connectivity index (χ2n) is 2.86. The first kappa shape index (κ1) is 12.0. The first-order valence-corrected chi connectivity index (χ1v) is 4.49. The Kier molecular flexibility index (Phi) is 4.28. The van der Waals surface area contributed by atoms with E-state index in [0.717, 1.165) is 6.20 Å². The van der Waals surface area contributed by atoms with Crippen LogP contribution in [-0.4, -0.2) is 36.3 Å². The van der Waals surface area contributed by atoms with Gasteiger partial charge in [-0.15, -0.1) is 0 Å². The molecule has 8 nitrogen and oxygen atoms in total. The Bertz CT molecular complexity index is 464. The molecule has 0 fully saturated rings. The molecule has 2 amide bonds. The highest BCUT2D eigenvalue weighted by molar-refractivity contribution is 5.88. The van der Waals surface area contributed by atoms with Gasteiger partial charge in [0.25, 0.3) is 5.56 Å². The lowest BCUT2D eigenvalue weighted by Crippen LogP contribution is -2.34. The van der Waals surface area contributed by atoms with Gasteiger partial charge in [0.05, 0.1) is 6.61 Å². The third-order valence-electron chi connectivity index (χ3n) is 1.66. The van der Waals surface area contributed by atoms with Crippen molar-refractivity contribution in [2.24, 2.45) is 0 Å². The number of carbonyl (C=O) groups is 1. The third kappa shape index (κ3) is 3.58. The predicted molar refractivity (Wildman–Crippen MR) is 56.6 cm³/mol. The monoisotopic (exact) mass is 228 g/mol. The molecular formula is C8H12N4O4. The fraction of sp³-hybridized carbons (Fsp3) is 0.375. The van der Waals surface area contributed by atoms with Gasteiger partial charge in [0.1, 0.15) is 5.69 Å². The fourth-order valence-electron chi connectivity index (χ4n) is 0.936. The number of aromatic amines is 2. The standard InChI is InChI=1S/C8H12N4O4/c1-16-3-2-9-7(14)11-5-4-10-8(15)12-6(5)13/h4H,2-3H2,1H3,(H2,9,11,14)(H2,10,12,13,15). The lowest BCUT2D eigenvalue weighted by atomic mass is 10.5. The van der Waals surface area contributed by atoms with E-state index in [-0.39, 0.29) is 5.69 Å². The summed E-state index contributed by atoms with van der Waals surface area (Å²) < 4.78 is 4.72. The number of hydrogen-bond acceptors (Lipinski definition) is 4. The largest absolute Gasteiger partial charge is 0.383 e. The van der Waals surface area contributed by atoms with Gasteiger partial charge in [-0.25, -0.2) is 9.59 Å². The molecule has 0 aromatic carbocycles. The quantitative estimate of drug-likeness (QED) is 0.486. The summed E-state index contributed by atoms with van der Waals surface area (Å²) in [6.45, 7) is 0.693. The maximum absolute atomic E-state index is 11.2. The molecule has 0 aliphatic carbocycles. The van der Waals surface area contributed by atoms with Gasteiger partial charge in [0.2, 0.25) is 0 Å². The van der Waals surface area contributed by atoms with Crippen molar-refractivity contribution in [2.75, 3.05) is 25.6 Å². The first-order valence-electron chi connectivity index (χ1n) is 4.49. The van der Waals surface area contributed by atoms with E-state index in [2.05, 4.69) is 15.6 Å². The number of methoxy groups -OCH3 is 1. The van der Waals surface area contributed by atoms with Gasteiger partial charge in [-0.1, -0.05) is 0 Å². The van der Waals surface area contributed by atoms with Crippen molar-refractivity contribution in [3.8, 4) is 0 Å². The zero-order valence-corrected chi connectivity index (χ0v) is 8.62. The number of H-pyrrole nitrogens is 2. The summed E-state index contributed by atoms with van der Waals surface area (Å²) in [6, 6.07) is -0.547. The molecule has 0 aliphatic heterocycles. The molecule has 1 heterocycles. The first-order chi connectivity index (χ1) is 7.63. The van der Waals surface area contributed by atoms with E-state index in [1.165, 1.54) is 7.11 Å². The van der Waals surface area contributed by atoms with Gasteiger partial charge in [-0.3, -0.25) is 9.78 Å². The Labute approximate surface area is 90.0 Å². The molecule has 1 rings (SSSR count). The van der Waals surface area contributed by atoms with Gasteiger partial charge >= 0.3 is 11.7 Å². The maximum atomic E-state index is 11.2. The van der Waals surface area contributed by atoms with Crippen LogP contribution in [0.1, 0.15) is 0 Å². The lowest BCUT2D eigenvalue weighted by Gasteiger charge is -2.05. The molecule has 8 heteroatoms. The van der Waals surface area contributed by atoms with E-state index in [9.17, 15) is 14.4 Å². The molecule has 0 saturated carbocycles. The second-order valence-corrected chi connectivity index (χ2v) is 2.86. The third-order valence-corrected chi connectivity index (χ3v) is 1.66. The van der Waals surface area contributed by atoms with Crippen LogP contribution in [0, 0.1) is 0 Å². The fourth-order valence-corrected chi connectivity index (χ4v) is 0.936. The summed E-state index contributed by atoms with van der Waals surface area (Å²) in [7, 11) is 1.51. The van der Waals surface area contributed by atoms with Crippen molar-refractivity contribution in [3.05, 3.63) is 27.0 Å². The van der Waals surface area contributed by atoms with E-state index < -0.39 is 17.3 Å². The van der Waals surface area contributed by atoms with Crippen LogP contribution in [0.5, 0.6) is 0 Å². The van der Waals surface area contributed by atoms with Crippen molar-refractivity contribution in [1.82, 2.24) is 15.3 Å². The number of anilines is 1. The van der Waals surface area contributed by atoms with E-state index in [1.807, 2.05) is 4.98 Å². The highest BCUT2D eigenvalue weighted by atomic mass is 16.5. The smallest absolute Gasteiger partial charge is 0.325 e. The molecule has 1 aromatic rings. The molecule has 0 saturated heterocycles. The van der Waals surface area contributed by atoms with Gasteiger partial charge in [0.15, 0.2) is 0 Å². The zero-order valence-electron chi connectivity index (χ0n) is 8.62. The Morgan fingerprint density at radius 3 is 2.88 bits per heavy atom. The number of hydrogen-bond donors (Lipinski definition) is 4. The molecule has 0 atom stereocenters. The van der Waals surface area contributed by atoms with Crippen LogP contribution in [0.25, 0.3) is 0 Å². The van der Waals surface area contributed by atoms with Crippen LogP contribution in [0.4, 0.5) is 10.5 Å². The van der Waals surface area contributed by atoms with Crippen LogP contribution < -0.4 is 21.9 Å². The van der Waals surface area contributed by atoms with Crippen LogP contribution in [-0.2, 0) is 4.74 Å². The summed E-state index contributed by atoms with van der Waals surface area (Å²) in [5.41, 5.74) is -1.32. The van der Waals surface area contributed by atoms with Gasteiger partial charge in [-0.05, 0) is 0 Å². The number of rotatable bonds is 4. The number of aromatic nitrogens is 2. The molecule has 88 valence electrons. The van der Waals surface area contributed by atoms with E-state index >= 15 is 0 Å². The molecule has 0 bridgehead atoms. The summed E-state index contributed by atoms with van der Waals surface area (Å²) in [5, 5.41) is 4.73. The van der Waals surface area contributed by atoms with Crippen molar-refractivity contribution in [1.29, 1.82) is 0 Å². The molecule has 0 aliphatic rings. The Morgan fingerprint density at radius 2 is 2.25 bits per heavy atom. The molecular weight excluding hydrogens is 216 g/mol. The minimum absolute atomic E-state index is 0.0329. The zero-order chi connectivity index (χ0) is 12.0. The molecule has 0 radical (unpaired) electrons. The molecule has 1 aromatic heterocycles. The van der Waals surface area contributed by atoms with Gasteiger partial charge in [0, 0.05) is 19.9 Å². The lowest BCUT2D eigenvalue weighted by molar-refractivity contribution is 0.198. The topological polar surface area (TPSA) is 116 Å². The van der Waals surface area contributed by atoms with E-state index in [4.69, 9.17) is 4.74 Å². The van der Waals surface area contributed by atoms with Gasteiger partial charge in [-0.2, -0.15) is 0 Å². The summed E-state index contributed by atoms with van der Waals surface area (Å²) in [6.07, 6.45) is 1.12. The van der Waals surface area contributed by atoms with E-state index in [0.29, 0.717) is 13.2 Å². The van der Waals surface area contributed by atoms with Gasteiger partial charge < -0.3 is 20.4 Å². The van der Waals surface area contributed by atoms with Crippen LogP contribution in [0.3, 0.4) is 0 Å². The average Bonchev–Trinajstić information content (AvgIpc) is 2.23. The number of carbonyl (C=O) groups excluding carboxylic acids is 1. The van der Waals surface area contributed by atoms with Crippen LogP contribution >= 0.6 is 0 Å². The molecule has 16 heavy (non-hydrogen) atoms. The predicted octanol–water partition coefficient (Wildman–Crippen LogP) is -1.17. The van der Waals surface area contributed by atoms with Crippen molar-refractivity contribution >= 4 is 11.7 Å². The van der Waals surface area contributed by atoms with Crippen LogP contribution in [0.2, 0.25) is 0 Å². The summed E-state index contributed by atoms with van der Waals surface area (Å²) in [5.74, 6) is 0. The molecule has 0 unspecified atom stereocenters. The molecule has 4 N–H and O–H groups in total. The minimum atomic E-state index is -0.661. The number of amides is 2. The second kappa shape index (κ2) is 5.71. The Morgan fingerprint density at radius 1 is 1.50 bits per heavy atom. The normalized spacial score (nSPS) is 9.81. The Hall–Kier alpha value is -2.09. The summed E-state index contributed by atoms with van der Waals surface area (Å²) in [4.78, 5) is 37.3. The SMILES string of the molecule is COCCNC(=O)Nc1c[nH]c(=O)[nH]c1=O. The minimum Gasteiger partial charge on any atom is -0.383 e. The number of nitrogens with one attached hydrogen (secondary N) is 4. The maximum Gasteiger partial charge on any atom is 0.325 e. The summed E-state index contributed by atoms with van der Waals surface area (Å²) >= 11 is 0. The van der Waals surface area contributed by atoms with Crippen molar-refractivity contribution in [2.45, 2.75) is 0 Å². The highest BCUT2D eigenvalue weighted by Gasteiger charge is 2.04. The molecule has 0 spiro atoms. The van der Waals surface area contributed by atoms with E-state index in [1.54, 1.807) is 0 Å². The average molecular weight is 228 g/mol. The van der Waals surface area contributed by atoms with Crippen LogP contribution in [0.15, 0.2) is 15.8 Å².